The fourth-order valence-electron chi connectivity index (χ4n) is 4.50. The lowest BCUT2D eigenvalue weighted by molar-refractivity contribution is 0.596. The van der Waals surface area contributed by atoms with Crippen LogP contribution in [0.2, 0.25) is 0 Å². The van der Waals surface area contributed by atoms with E-state index in [2.05, 4.69) is 33.9 Å². The van der Waals surface area contributed by atoms with E-state index in [0.717, 1.165) is 16.7 Å². The molecule has 0 aliphatic carbocycles. The van der Waals surface area contributed by atoms with Gasteiger partial charge in [-0.15, -0.1) is 0 Å². The Morgan fingerprint density at radius 3 is 2.68 bits per heavy atom. The first-order chi connectivity index (χ1) is 17.9. The van der Waals surface area contributed by atoms with E-state index in [9.17, 15) is 4.79 Å². The van der Waals surface area contributed by atoms with Crippen LogP contribution >= 0.6 is 0 Å². The van der Waals surface area contributed by atoms with Crippen molar-refractivity contribution in [3.8, 4) is 22.5 Å². The zero-order chi connectivity index (χ0) is 25.7. The Morgan fingerprint density at radius 1 is 1.05 bits per heavy atom. The maximum atomic E-state index is 15.3. The van der Waals surface area contributed by atoms with Crippen molar-refractivity contribution in [1.82, 2.24) is 34.3 Å². The molecule has 0 saturated heterocycles. The van der Waals surface area contributed by atoms with Crippen molar-refractivity contribution in [2.24, 2.45) is 7.05 Å². The molecule has 0 aliphatic heterocycles. The Balaban J connectivity index is 1.35. The van der Waals surface area contributed by atoms with Crippen LogP contribution in [0.5, 0.6) is 0 Å². The molecule has 6 rings (SSSR count). The van der Waals surface area contributed by atoms with Gasteiger partial charge in [0.05, 0.1) is 35.5 Å². The molecule has 184 valence electrons. The normalized spacial score (nSPS) is 11.7. The zero-order valence-corrected chi connectivity index (χ0v) is 20.6. The lowest BCUT2D eigenvalue weighted by Crippen LogP contribution is -2.21. The third-order valence-electron chi connectivity index (χ3n) is 6.58. The van der Waals surface area contributed by atoms with Gasteiger partial charge in [0.25, 0.3) is 5.56 Å². The average Bonchev–Trinajstić information content (AvgIpc) is 3.52. The number of rotatable bonds is 5. The smallest absolute Gasteiger partial charge is 0.261 e. The summed E-state index contributed by atoms with van der Waals surface area (Å²) in [7, 11) is 1.84. The van der Waals surface area contributed by atoms with Crippen LogP contribution in [0.4, 0.5) is 4.39 Å². The van der Waals surface area contributed by atoms with Gasteiger partial charge in [0, 0.05) is 30.6 Å². The second kappa shape index (κ2) is 8.77. The van der Waals surface area contributed by atoms with Crippen LogP contribution in [0.3, 0.4) is 0 Å². The van der Waals surface area contributed by atoms with Crippen LogP contribution in [0.25, 0.3) is 44.6 Å². The maximum absolute atomic E-state index is 15.3. The summed E-state index contributed by atoms with van der Waals surface area (Å²) in [4.78, 5) is 29.9. The number of halogens is 1. The van der Waals surface area contributed by atoms with Gasteiger partial charge in [-0.05, 0) is 41.3 Å². The van der Waals surface area contributed by atoms with E-state index < -0.39 is 5.82 Å². The molecule has 0 unspecified atom stereocenters. The third-order valence-corrected chi connectivity index (χ3v) is 6.58. The van der Waals surface area contributed by atoms with Gasteiger partial charge < -0.3 is 4.98 Å². The van der Waals surface area contributed by atoms with E-state index in [1.165, 1.54) is 17.0 Å². The number of H-pyrrole nitrogens is 1. The summed E-state index contributed by atoms with van der Waals surface area (Å²) in [5.74, 6) is 0.523. The van der Waals surface area contributed by atoms with Gasteiger partial charge in [0.1, 0.15) is 17.2 Å². The van der Waals surface area contributed by atoms with Crippen molar-refractivity contribution in [1.29, 1.82) is 0 Å². The lowest BCUT2D eigenvalue weighted by Gasteiger charge is -2.11. The summed E-state index contributed by atoms with van der Waals surface area (Å²) in [5, 5.41) is 4.73. The fraction of sp³-hybridized carbons (Fsp3) is 0.179. The summed E-state index contributed by atoms with van der Waals surface area (Å²) in [5.41, 5.74) is 5.42. The van der Waals surface area contributed by atoms with Gasteiger partial charge in [-0.1, -0.05) is 32.0 Å². The van der Waals surface area contributed by atoms with Crippen molar-refractivity contribution in [3.05, 3.63) is 94.7 Å². The first kappa shape index (κ1) is 22.8. The number of aryl methyl sites for hydroxylation is 1. The molecule has 0 saturated carbocycles. The maximum Gasteiger partial charge on any atom is 0.261 e. The highest BCUT2D eigenvalue weighted by Gasteiger charge is 2.15. The average molecular weight is 494 g/mol. The second-order valence-corrected chi connectivity index (χ2v) is 9.46. The molecule has 0 radical (unpaired) electrons. The molecule has 4 aromatic heterocycles. The molecule has 0 fully saturated rings. The summed E-state index contributed by atoms with van der Waals surface area (Å²) in [6.07, 6.45) is 6.72. The Morgan fingerprint density at radius 2 is 1.92 bits per heavy atom. The molecule has 37 heavy (non-hydrogen) atoms. The number of hydrogen-bond acceptors (Lipinski definition) is 5. The summed E-state index contributed by atoms with van der Waals surface area (Å²) in [6, 6.07) is 12.5. The van der Waals surface area contributed by atoms with E-state index in [-0.39, 0.29) is 18.0 Å². The fourth-order valence-corrected chi connectivity index (χ4v) is 4.50. The van der Waals surface area contributed by atoms with Crippen LogP contribution in [0, 0.1) is 5.82 Å². The monoisotopic (exact) mass is 493 g/mol. The number of aromatic amines is 1. The number of aromatic nitrogens is 7. The van der Waals surface area contributed by atoms with E-state index >= 15 is 4.39 Å². The van der Waals surface area contributed by atoms with Gasteiger partial charge in [-0.25, -0.2) is 19.3 Å². The molecule has 6 aromatic rings. The zero-order valence-electron chi connectivity index (χ0n) is 20.6. The van der Waals surface area contributed by atoms with Crippen molar-refractivity contribution in [2.75, 3.05) is 0 Å². The van der Waals surface area contributed by atoms with E-state index in [0.29, 0.717) is 39.0 Å². The van der Waals surface area contributed by atoms with Gasteiger partial charge in [0.2, 0.25) is 0 Å². The SMILES string of the molecule is CC(C)c1ccc2ncn(Cc3ccc(-c4ccnc5[nH]c(-c6cnn(C)c6)nc45)cc3F)c(=O)c2c1. The van der Waals surface area contributed by atoms with Crippen molar-refractivity contribution in [2.45, 2.75) is 26.3 Å². The van der Waals surface area contributed by atoms with E-state index in [4.69, 9.17) is 4.98 Å². The van der Waals surface area contributed by atoms with Crippen molar-refractivity contribution in [3.63, 3.8) is 0 Å². The summed E-state index contributed by atoms with van der Waals surface area (Å²) < 4.78 is 18.5. The van der Waals surface area contributed by atoms with Gasteiger partial charge in [-0.2, -0.15) is 5.10 Å². The topological polar surface area (TPSA) is 94.3 Å². The van der Waals surface area contributed by atoms with Gasteiger partial charge in [-0.3, -0.25) is 14.0 Å². The summed E-state index contributed by atoms with van der Waals surface area (Å²) in [6.45, 7) is 4.23. The molecule has 9 heteroatoms. The Hall–Kier alpha value is -4.66. The Bertz CT molecular complexity index is 1850. The molecule has 4 heterocycles. The molecule has 0 aliphatic rings. The minimum absolute atomic E-state index is 0.0824. The van der Waals surface area contributed by atoms with E-state index in [1.807, 2.05) is 43.6 Å². The van der Waals surface area contributed by atoms with Crippen LogP contribution in [0.1, 0.15) is 30.9 Å². The predicted octanol–water partition coefficient (Wildman–Crippen LogP) is 5.05. The molecule has 0 atom stereocenters. The Kier molecular flexibility index (Phi) is 5.40. The minimum Gasteiger partial charge on any atom is -0.323 e. The van der Waals surface area contributed by atoms with E-state index in [1.54, 1.807) is 23.1 Å². The molecular weight excluding hydrogens is 469 g/mol. The highest BCUT2D eigenvalue weighted by atomic mass is 19.1. The second-order valence-electron chi connectivity index (χ2n) is 9.46. The molecule has 0 spiro atoms. The summed E-state index contributed by atoms with van der Waals surface area (Å²) >= 11 is 0. The molecule has 8 nitrogen and oxygen atoms in total. The lowest BCUT2D eigenvalue weighted by atomic mass is 10.0. The first-order valence-electron chi connectivity index (χ1n) is 12.0. The predicted molar refractivity (Wildman–Crippen MR) is 141 cm³/mol. The molecular formula is C28H24FN7O. The Labute approximate surface area is 211 Å². The quantitative estimate of drug-likeness (QED) is 0.363. The number of hydrogen-bond donors (Lipinski definition) is 1. The van der Waals surface area contributed by atoms with Crippen LogP contribution in [-0.4, -0.2) is 34.3 Å². The number of imidazole rings is 1. The molecule has 0 amide bonds. The first-order valence-corrected chi connectivity index (χ1v) is 12.0. The largest absolute Gasteiger partial charge is 0.323 e. The van der Waals surface area contributed by atoms with Crippen molar-refractivity contribution >= 4 is 22.1 Å². The van der Waals surface area contributed by atoms with Crippen LogP contribution in [0.15, 0.2) is 72.2 Å². The number of benzene rings is 2. The molecule has 2 aromatic carbocycles. The third kappa shape index (κ3) is 4.08. The number of nitrogens with zero attached hydrogens (tertiary/aromatic N) is 6. The number of fused-ring (bicyclic) bond motifs is 2. The molecule has 0 bridgehead atoms. The standard InChI is InChI=1S/C28H24FN7O/c1-16(2)17-6-7-24-22(10-17)28(37)36(15-31-24)14-19-5-4-18(11-23(19)29)21-8-9-30-27-25(21)33-26(34-27)20-12-32-35(3)13-20/h4-13,15-16H,14H2,1-3H3,(H,30,33,34). The number of nitrogens with one attached hydrogen (secondary N) is 1. The van der Waals surface area contributed by atoms with Crippen LogP contribution < -0.4 is 5.56 Å². The van der Waals surface area contributed by atoms with Gasteiger partial charge >= 0.3 is 0 Å². The number of pyridine rings is 1. The van der Waals surface area contributed by atoms with Gasteiger partial charge in [0.15, 0.2) is 5.65 Å². The highest BCUT2D eigenvalue weighted by molar-refractivity contribution is 5.91. The minimum atomic E-state index is -0.409. The van der Waals surface area contributed by atoms with Crippen LogP contribution in [-0.2, 0) is 13.6 Å². The van der Waals surface area contributed by atoms with Crippen molar-refractivity contribution < 1.29 is 4.39 Å². The molecule has 1 N–H and O–H groups in total. The highest BCUT2D eigenvalue weighted by Crippen LogP contribution is 2.29.